The molecule has 0 saturated heterocycles. The van der Waals surface area contributed by atoms with Gasteiger partial charge in [0.2, 0.25) is 0 Å². The maximum absolute atomic E-state index is 13.2. The minimum atomic E-state index is -4.51. The first-order valence-electron chi connectivity index (χ1n) is 9.69. The van der Waals surface area contributed by atoms with E-state index in [1.54, 1.807) is 13.8 Å². The lowest BCUT2D eigenvalue weighted by molar-refractivity contribution is -0.141. The molecule has 170 valence electrons. The number of primary amides is 1. The van der Waals surface area contributed by atoms with Crippen molar-refractivity contribution in [3.05, 3.63) is 39.3 Å². The number of fused-ring (bicyclic) bond motifs is 1. The standard InChI is InChI=1S/C13H14F3N3O.C7H9FOS2/c14-13(15,16)11-9(6-4-5-6)10(19-12(17)20)7-2-1-3-8(7)18-11;1-7(2,9)5-3-4(8)6(10)11-5/h6H,1-5H2,(H3,17,18,19,20);3,9-10H,1-2H3. The van der Waals surface area contributed by atoms with Crippen molar-refractivity contribution < 1.29 is 27.5 Å². The molecule has 2 aromatic heterocycles. The number of urea groups is 1. The molecule has 0 aromatic carbocycles. The normalized spacial score (nSPS) is 15.9. The quantitative estimate of drug-likeness (QED) is 0.355. The molecule has 5 nitrogen and oxygen atoms in total. The number of nitrogens with one attached hydrogen (secondary N) is 1. The van der Waals surface area contributed by atoms with Crippen LogP contribution in [0.2, 0.25) is 0 Å². The number of aliphatic hydroxyl groups is 1. The molecule has 4 rings (SSSR count). The van der Waals surface area contributed by atoms with E-state index < -0.39 is 23.5 Å². The number of carbonyl (C=O) groups excluding carboxylic acids is 1. The van der Waals surface area contributed by atoms with Gasteiger partial charge in [0.05, 0.1) is 15.5 Å². The van der Waals surface area contributed by atoms with Gasteiger partial charge >= 0.3 is 12.2 Å². The van der Waals surface area contributed by atoms with Crippen molar-refractivity contribution in [1.29, 1.82) is 0 Å². The number of carbonyl (C=O) groups is 1. The van der Waals surface area contributed by atoms with Crippen molar-refractivity contribution in [3.63, 3.8) is 0 Å². The molecule has 0 atom stereocenters. The maximum atomic E-state index is 13.2. The maximum Gasteiger partial charge on any atom is 0.433 e. The molecule has 4 N–H and O–H groups in total. The zero-order valence-electron chi connectivity index (χ0n) is 16.9. The van der Waals surface area contributed by atoms with Crippen molar-refractivity contribution in [2.45, 2.75) is 67.9 Å². The summed E-state index contributed by atoms with van der Waals surface area (Å²) in [5.41, 5.74) is 4.83. The molecule has 31 heavy (non-hydrogen) atoms. The minimum absolute atomic E-state index is 0.122. The second kappa shape index (κ2) is 8.59. The number of hydrogen-bond donors (Lipinski definition) is 4. The third kappa shape index (κ3) is 5.50. The number of pyridine rings is 1. The molecule has 0 radical (unpaired) electrons. The van der Waals surface area contributed by atoms with Crippen LogP contribution in [0.3, 0.4) is 0 Å². The van der Waals surface area contributed by atoms with Crippen molar-refractivity contribution in [2.75, 3.05) is 5.32 Å². The second-order valence-electron chi connectivity index (χ2n) is 8.11. The summed E-state index contributed by atoms with van der Waals surface area (Å²) in [6.07, 6.45) is -1.23. The molecule has 2 heterocycles. The predicted molar refractivity (Wildman–Crippen MR) is 113 cm³/mol. The molecular formula is C20H23F4N3O2S2. The highest BCUT2D eigenvalue weighted by molar-refractivity contribution is 7.82. The monoisotopic (exact) mass is 477 g/mol. The number of nitrogens with two attached hydrogens (primary N) is 1. The van der Waals surface area contributed by atoms with Crippen molar-refractivity contribution in [3.8, 4) is 0 Å². The molecule has 1 fully saturated rings. The molecule has 0 spiro atoms. The Hall–Kier alpha value is -1.85. The van der Waals surface area contributed by atoms with Crippen LogP contribution in [0.4, 0.5) is 28.0 Å². The Balaban J connectivity index is 0.000000210. The van der Waals surface area contributed by atoms with E-state index in [-0.39, 0.29) is 23.0 Å². The molecule has 1 saturated carbocycles. The summed E-state index contributed by atoms with van der Waals surface area (Å²) in [7, 11) is 0. The molecule has 11 heteroatoms. The number of alkyl halides is 3. The van der Waals surface area contributed by atoms with Gasteiger partial charge in [0.1, 0.15) is 11.5 Å². The molecule has 2 aliphatic rings. The van der Waals surface area contributed by atoms with Crippen LogP contribution in [0.25, 0.3) is 0 Å². The van der Waals surface area contributed by atoms with Crippen LogP contribution in [-0.4, -0.2) is 16.1 Å². The lowest BCUT2D eigenvalue weighted by Crippen LogP contribution is -2.24. The van der Waals surface area contributed by atoms with Crippen LogP contribution in [0, 0.1) is 5.82 Å². The fourth-order valence-electron chi connectivity index (χ4n) is 3.51. The van der Waals surface area contributed by atoms with E-state index in [0.717, 1.165) is 23.3 Å². The van der Waals surface area contributed by atoms with E-state index in [0.29, 0.717) is 40.5 Å². The van der Waals surface area contributed by atoms with Crippen molar-refractivity contribution >= 4 is 35.7 Å². The molecule has 0 unspecified atom stereocenters. The van der Waals surface area contributed by atoms with Gasteiger partial charge in [-0.25, -0.2) is 14.2 Å². The number of halogens is 4. The number of aromatic nitrogens is 1. The second-order valence-corrected chi connectivity index (χ2v) is 9.91. The van der Waals surface area contributed by atoms with E-state index in [9.17, 15) is 27.5 Å². The summed E-state index contributed by atoms with van der Waals surface area (Å²) in [6.45, 7) is 3.23. The fourth-order valence-corrected chi connectivity index (χ4v) is 4.65. The van der Waals surface area contributed by atoms with Crippen LogP contribution in [0.5, 0.6) is 0 Å². The number of thiophene rings is 1. The number of nitrogens with zero attached hydrogens (tertiary/aromatic N) is 1. The van der Waals surface area contributed by atoms with Crippen LogP contribution in [-0.2, 0) is 24.6 Å². The van der Waals surface area contributed by atoms with Crippen LogP contribution < -0.4 is 11.1 Å². The summed E-state index contributed by atoms with van der Waals surface area (Å²) < 4.78 is 52.7. The Morgan fingerprint density at radius 3 is 2.39 bits per heavy atom. The van der Waals surface area contributed by atoms with Crippen LogP contribution in [0.15, 0.2) is 10.3 Å². The molecule has 2 aliphatic carbocycles. The Labute approximate surface area is 186 Å². The van der Waals surface area contributed by atoms with Gasteiger partial charge in [0, 0.05) is 16.1 Å². The van der Waals surface area contributed by atoms with E-state index >= 15 is 0 Å². The summed E-state index contributed by atoms with van der Waals surface area (Å²) >= 11 is 5.04. The Morgan fingerprint density at radius 2 is 1.97 bits per heavy atom. The molecule has 0 aliphatic heterocycles. The Kier molecular flexibility index (Phi) is 6.60. The Morgan fingerprint density at radius 1 is 1.32 bits per heavy atom. The smallest absolute Gasteiger partial charge is 0.385 e. The number of rotatable bonds is 3. The largest absolute Gasteiger partial charge is 0.433 e. The average molecular weight is 478 g/mol. The Bertz CT molecular complexity index is 976. The highest BCUT2D eigenvalue weighted by Gasteiger charge is 2.43. The number of aryl methyl sites for hydroxylation is 1. The van der Waals surface area contributed by atoms with E-state index in [1.165, 1.54) is 6.07 Å². The van der Waals surface area contributed by atoms with Crippen LogP contribution in [0.1, 0.15) is 66.4 Å². The molecular weight excluding hydrogens is 454 g/mol. The summed E-state index contributed by atoms with van der Waals surface area (Å²) in [6, 6.07) is 0.479. The SMILES string of the molecule is CC(C)(O)c1cc(F)c(S)s1.NC(=O)Nc1c2c(nc(C(F)(F)F)c1C1CC1)CCC2. The van der Waals surface area contributed by atoms with Crippen molar-refractivity contribution in [1.82, 2.24) is 4.98 Å². The summed E-state index contributed by atoms with van der Waals surface area (Å²) in [4.78, 5) is 15.6. The van der Waals surface area contributed by atoms with Gasteiger partial charge in [-0.05, 0) is 63.5 Å². The van der Waals surface area contributed by atoms with Gasteiger partial charge < -0.3 is 16.2 Å². The third-order valence-corrected chi connectivity index (χ3v) is 6.75. The zero-order chi connectivity index (χ0) is 23.1. The highest BCUT2D eigenvalue weighted by Crippen LogP contribution is 2.50. The zero-order valence-corrected chi connectivity index (χ0v) is 18.6. The molecule has 2 amide bonds. The van der Waals surface area contributed by atoms with Gasteiger partial charge in [-0.3, -0.25) is 0 Å². The fraction of sp³-hybridized carbons (Fsp3) is 0.500. The van der Waals surface area contributed by atoms with Gasteiger partial charge in [-0.15, -0.1) is 24.0 Å². The number of anilines is 1. The van der Waals surface area contributed by atoms with E-state index in [4.69, 9.17) is 5.73 Å². The van der Waals surface area contributed by atoms with Gasteiger partial charge in [0.25, 0.3) is 0 Å². The van der Waals surface area contributed by atoms with Gasteiger partial charge in [-0.2, -0.15) is 13.2 Å². The topological polar surface area (TPSA) is 88.2 Å². The van der Waals surface area contributed by atoms with Gasteiger partial charge in [0.15, 0.2) is 0 Å². The minimum Gasteiger partial charge on any atom is -0.385 e. The lowest BCUT2D eigenvalue weighted by atomic mass is 10.00. The summed E-state index contributed by atoms with van der Waals surface area (Å²) in [5, 5.41) is 11.8. The molecule has 2 aromatic rings. The first kappa shape index (κ1) is 23.8. The summed E-state index contributed by atoms with van der Waals surface area (Å²) in [5.74, 6) is -0.540. The highest BCUT2D eigenvalue weighted by atomic mass is 32.2. The third-order valence-electron chi connectivity index (χ3n) is 5.04. The van der Waals surface area contributed by atoms with Crippen LogP contribution >= 0.6 is 24.0 Å². The van der Waals surface area contributed by atoms with Gasteiger partial charge in [-0.1, -0.05) is 0 Å². The number of thiol groups is 1. The average Bonchev–Trinajstić information content (AvgIpc) is 3.24. The number of amides is 2. The lowest BCUT2D eigenvalue weighted by Gasteiger charge is -2.19. The molecule has 0 bridgehead atoms. The first-order valence-corrected chi connectivity index (χ1v) is 11.0. The van der Waals surface area contributed by atoms with Crippen molar-refractivity contribution in [2.24, 2.45) is 5.73 Å². The number of hydrogen-bond acceptors (Lipinski definition) is 5. The predicted octanol–water partition coefficient (Wildman–Crippen LogP) is 5.36. The first-order chi connectivity index (χ1) is 14.3. The van der Waals surface area contributed by atoms with E-state index in [2.05, 4.69) is 22.9 Å². The van der Waals surface area contributed by atoms with E-state index in [1.807, 2.05) is 0 Å².